The van der Waals surface area contributed by atoms with Gasteiger partial charge in [-0.3, -0.25) is 9.52 Å². The Bertz CT molecular complexity index is 745. The van der Waals surface area contributed by atoms with Crippen molar-refractivity contribution in [3.63, 3.8) is 0 Å². The second-order valence-corrected chi connectivity index (χ2v) is 5.94. The van der Waals surface area contributed by atoms with Crippen LogP contribution in [0.5, 0.6) is 0 Å². The number of carbonyl (C=O) groups is 1. The molecule has 2 aromatic rings. The number of sulfonamides is 1. The smallest absolute Gasteiger partial charge is 0.270 e. The van der Waals surface area contributed by atoms with Crippen molar-refractivity contribution in [3.05, 3.63) is 18.0 Å². The zero-order valence-electron chi connectivity index (χ0n) is 10.8. The van der Waals surface area contributed by atoms with E-state index in [-0.39, 0.29) is 18.2 Å². The summed E-state index contributed by atoms with van der Waals surface area (Å²) in [7, 11) is -3.44. The van der Waals surface area contributed by atoms with Crippen molar-refractivity contribution in [2.45, 2.75) is 13.5 Å². The second kappa shape index (κ2) is 4.92. The van der Waals surface area contributed by atoms with Gasteiger partial charge in [0.25, 0.3) is 5.91 Å². The maximum absolute atomic E-state index is 11.9. The summed E-state index contributed by atoms with van der Waals surface area (Å²) in [6.45, 7) is 1.55. The topological polar surface area (TPSA) is 138 Å². The average molecular weight is 299 g/mol. The Kier molecular flexibility index (Phi) is 3.44. The molecule has 10 nitrogen and oxygen atoms in total. The molecule has 0 saturated carbocycles. The van der Waals surface area contributed by atoms with Gasteiger partial charge in [0, 0.05) is 6.07 Å². The van der Waals surface area contributed by atoms with E-state index in [0.717, 1.165) is 10.9 Å². The monoisotopic (exact) mass is 299 g/mol. The van der Waals surface area contributed by atoms with E-state index in [1.54, 1.807) is 13.0 Å². The first kappa shape index (κ1) is 14.0. The molecule has 0 unspecified atom stereocenters. The Balaban J connectivity index is 2.11. The van der Waals surface area contributed by atoms with E-state index in [1.807, 2.05) is 0 Å². The minimum atomic E-state index is -3.44. The number of hydrogen-bond acceptors (Lipinski definition) is 7. The summed E-state index contributed by atoms with van der Waals surface area (Å²) < 4.78 is 26.4. The zero-order valence-corrected chi connectivity index (χ0v) is 11.6. The van der Waals surface area contributed by atoms with Gasteiger partial charge in [-0.25, -0.2) is 13.1 Å². The minimum Gasteiger partial charge on any atom is -0.383 e. The predicted octanol–water partition coefficient (Wildman–Crippen LogP) is -0.923. The van der Waals surface area contributed by atoms with Crippen LogP contribution < -0.4 is 10.5 Å². The van der Waals surface area contributed by atoms with Gasteiger partial charge in [-0.2, -0.15) is 9.78 Å². The van der Waals surface area contributed by atoms with Gasteiger partial charge in [-0.05, 0) is 6.92 Å². The molecule has 20 heavy (non-hydrogen) atoms. The van der Waals surface area contributed by atoms with Crippen LogP contribution in [-0.4, -0.2) is 45.4 Å². The largest absolute Gasteiger partial charge is 0.383 e. The molecule has 0 amide bonds. The second-order valence-electron chi connectivity index (χ2n) is 4.19. The normalized spacial score (nSPS) is 11.5. The number of nitrogen functional groups attached to an aromatic ring is 1. The van der Waals surface area contributed by atoms with Crippen LogP contribution in [0.1, 0.15) is 10.5 Å². The highest BCUT2D eigenvalue weighted by atomic mass is 32.2. The maximum Gasteiger partial charge on any atom is 0.270 e. The quantitative estimate of drug-likeness (QED) is 0.744. The highest BCUT2D eigenvalue weighted by Gasteiger charge is 2.13. The van der Waals surface area contributed by atoms with Crippen molar-refractivity contribution in [1.82, 2.24) is 24.8 Å². The number of aromatic nitrogens is 5. The summed E-state index contributed by atoms with van der Waals surface area (Å²) in [5.41, 5.74) is 6.25. The predicted molar refractivity (Wildman–Crippen MR) is 70.5 cm³/mol. The number of carbonyl (C=O) groups excluding carboxylic acids is 1. The van der Waals surface area contributed by atoms with E-state index >= 15 is 0 Å². The highest BCUT2D eigenvalue weighted by Crippen LogP contribution is 2.07. The molecule has 108 valence electrons. The summed E-state index contributed by atoms with van der Waals surface area (Å²) in [5, 5.41) is 11.2. The number of nitrogens with zero attached hydrogens (tertiary/aromatic N) is 5. The zero-order chi connectivity index (χ0) is 14.9. The van der Waals surface area contributed by atoms with Crippen molar-refractivity contribution in [2.75, 3.05) is 16.7 Å². The van der Waals surface area contributed by atoms with Gasteiger partial charge in [0.1, 0.15) is 12.4 Å². The summed E-state index contributed by atoms with van der Waals surface area (Å²) in [6, 6.07) is 1.57. The van der Waals surface area contributed by atoms with E-state index in [1.165, 1.54) is 10.9 Å². The first-order chi connectivity index (χ1) is 9.24. The first-order valence-electron chi connectivity index (χ1n) is 5.48. The minimum absolute atomic E-state index is 0.0323. The molecule has 0 radical (unpaired) electrons. The molecule has 0 fully saturated rings. The van der Waals surface area contributed by atoms with E-state index in [9.17, 15) is 13.2 Å². The third-order valence-electron chi connectivity index (χ3n) is 2.22. The fourth-order valence-corrected chi connectivity index (χ4v) is 2.01. The summed E-state index contributed by atoms with van der Waals surface area (Å²) in [4.78, 5) is 11.9. The van der Waals surface area contributed by atoms with Crippen LogP contribution in [0.4, 0.5) is 11.6 Å². The van der Waals surface area contributed by atoms with Gasteiger partial charge in [-0.15, -0.1) is 5.10 Å². The lowest BCUT2D eigenvalue weighted by molar-refractivity contribution is 0.0872. The molecule has 0 aliphatic heterocycles. The van der Waals surface area contributed by atoms with E-state index in [2.05, 4.69) is 20.1 Å². The molecule has 0 aliphatic rings. The average Bonchev–Trinajstić information content (AvgIpc) is 2.83. The highest BCUT2D eigenvalue weighted by molar-refractivity contribution is 7.92. The lowest BCUT2D eigenvalue weighted by Crippen LogP contribution is -2.21. The lowest BCUT2D eigenvalue weighted by Gasteiger charge is -2.02. The van der Waals surface area contributed by atoms with Gasteiger partial charge in [0.15, 0.2) is 5.82 Å². The van der Waals surface area contributed by atoms with Crippen LogP contribution in [-0.2, 0) is 16.6 Å². The molecule has 2 heterocycles. The molecule has 0 saturated heterocycles. The van der Waals surface area contributed by atoms with Crippen molar-refractivity contribution in [2.24, 2.45) is 0 Å². The Hall–Kier alpha value is -2.43. The number of anilines is 2. The van der Waals surface area contributed by atoms with Crippen LogP contribution in [0.15, 0.2) is 12.3 Å². The van der Waals surface area contributed by atoms with Crippen LogP contribution >= 0.6 is 0 Å². The number of aryl methyl sites for hydroxylation is 1. The summed E-state index contributed by atoms with van der Waals surface area (Å²) >= 11 is 0. The van der Waals surface area contributed by atoms with Crippen LogP contribution in [0.25, 0.3) is 0 Å². The number of nitrogens with two attached hydrogens (primary N) is 1. The molecular weight excluding hydrogens is 286 g/mol. The first-order valence-corrected chi connectivity index (χ1v) is 7.37. The van der Waals surface area contributed by atoms with Crippen molar-refractivity contribution in [1.29, 1.82) is 0 Å². The third kappa shape index (κ3) is 3.32. The molecule has 0 aliphatic carbocycles. The van der Waals surface area contributed by atoms with Crippen molar-refractivity contribution < 1.29 is 13.2 Å². The molecule has 0 aromatic carbocycles. The molecule has 2 rings (SSSR count). The van der Waals surface area contributed by atoms with E-state index in [0.29, 0.717) is 5.69 Å². The molecule has 2 aromatic heterocycles. The van der Waals surface area contributed by atoms with Gasteiger partial charge < -0.3 is 5.73 Å². The Morgan fingerprint density at radius 3 is 2.75 bits per heavy atom. The number of rotatable bonds is 4. The summed E-state index contributed by atoms with van der Waals surface area (Å²) in [6.07, 6.45) is 2.29. The Labute approximate surface area is 114 Å². The third-order valence-corrected chi connectivity index (χ3v) is 2.80. The van der Waals surface area contributed by atoms with Gasteiger partial charge >= 0.3 is 0 Å². The number of hydrogen-bond donors (Lipinski definition) is 2. The molecule has 3 N–H and O–H groups in total. The van der Waals surface area contributed by atoms with Crippen LogP contribution in [0.2, 0.25) is 0 Å². The van der Waals surface area contributed by atoms with Gasteiger partial charge in [0.05, 0.1) is 18.1 Å². The van der Waals surface area contributed by atoms with Gasteiger partial charge in [0.2, 0.25) is 10.0 Å². The lowest BCUT2D eigenvalue weighted by atomic mass is 10.5. The standard InChI is InChI=1S/C9H13N7O3S/c1-6-3-7(10)16(12-6)9(17)5-15-4-8(11-14-15)13-20(2,18)19/h3-4,13H,5,10H2,1-2H3. The van der Waals surface area contributed by atoms with E-state index in [4.69, 9.17) is 5.73 Å². The Morgan fingerprint density at radius 2 is 2.20 bits per heavy atom. The molecule has 0 atom stereocenters. The number of nitrogens with one attached hydrogen (secondary N) is 1. The van der Waals surface area contributed by atoms with Crippen LogP contribution in [0.3, 0.4) is 0 Å². The van der Waals surface area contributed by atoms with Crippen LogP contribution in [0, 0.1) is 6.92 Å². The van der Waals surface area contributed by atoms with Crippen molar-refractivity contribution >= 4 is 27.6 Å². The SMILES string of the molecule is Cc1cc(N)n(C(=O)Cn2cc(NS(C)(=O)=O)nn2)n1. The fraction of sp³-hybridized carbons (Fsp3) is 0.333. The fourth-order valence-electron chi connectivity index (χ4n) is 1.54. The van der Waals surface area contributed by atoms with Crippen molar-refractivity contribution in [3.8, 4) is 0 Å². The Morgan fingerprint density at radius 1 is 1.50 bits per heavy atom. The molecule has 11 heteroatoms. The summed E-state index contributed by atoms with van der Waals surface area (Å²) in [5.74, 6) is -0.154. The molecule has 0 spiro atoms. The molecular formula is C9H13N7O3S. The van der Waals surface area contributed by atoms with Gasteiger partial charge in [-0.1, -0.05) is 5.21 Å². The molecule has 0 bridgehead atoms. The van der Waals surface area contributed by atoms with E-state index < -0.39 is 15.9 Å². The maximum atomic E-state index is 11.9.